The molecule has 8 nitrogen and oxygen atoms in total. The summed E-state index contributed by atoms with van der Waals surface area (Å²) in [5.74, 6) is -2.10. The molecule has 0 spiro atoms. The molecular weight excluding hydrogens is 384 g/mol. The predicted octanol–water partition coefficient (Wildman–Crippen LogP) is 1.73. The molecule has 0 bridgehead atoms. The van der Waals surface area contributed by atoms with E-state index in [-0.39, 0.29) is 30.2 Å². The number of hydrogen-bond acceptors (Lipinski definition) is 5. The summed E-state index contributed by atoms with van der Waals surface area (Å²) in [6.45, 7) is -0.137. The molecule has 6 N–H and O–H groups in total. The number of amides is 2. The van der Waals surface area contributed by atoms with Crippen LogP contribution in [0.5, 0.6) is 0 Å². The third-order valence-electron chi connectivity index (χ3n) is 3.84. The fourth-order valence-electron chi connectivity index (χ4n) is 2.54. The van der Waals surface area contributed by atoms with Gasteiger partial charge in [-0.3, -0.25) is 14.4 Å². The molecule has 0 aliphatic carbocycles. The lowest BCUT2D eigenvalue weighted by Crippen LogP contribution is -2.39. The van der Waals surface area contributed by atoms with E-state index in [1.807, 2.05) is 0 Å². The molecule has 1 atom stereocenters. The van der Waals surface area contributed by atoms with Crippen LogP contribution in [0.15, 0.2) is 48.5 Å². The zero-order chi connectivity index (χ0) is 20.5. The van der Waals surface area contributed by atoms with Crippen molar-refractivity contribution in [2.75, 3.05) is 18.5 Å². The van der Waals surface area contributed by atoms with Crippen molar-refractivity contribution in [2.24, 2.45) is 5.73 Å². The minimum absolute atomic E-state index is 0.190. The van der Waals surface area contributed by atoms with Gasteiger partial charge < -0.3 is 26.8 Å². The molecule has 2 aromatic rings. The third kappa shape index (κ3) is 6.26. The van der Waals surface area contributed by atoms with Gasteiger partial charge in [-0.05, 0) is 23.8 Å². The molecule has 0 radical (unpaired) electrons. The first-order valence-electron chi connectivity index (χ1n) is 8.48. The van der Waals surface area contributed by atoms with Gasteiger partial charge in [0.25, 0.3) is 5.91 Å². The second-order valence-electron chi connectivity index (χ2n) is 5.89. The predicted molar refractivity (Wildman–Crippen MR) is 106 cm³/mol. The molecule has 0 aromatic heterocycles. The molecule has 0 aliphatic heterocycles. The van der Waals surface area contributed by atoms with Crippen molar-refractivity contribution < 1.29 is 19.5 Å². The smallest absolute Gasteiger partial charge is 0.305 e. The van der Waals surface area contributed by atoms with E-state index in [2.05, 4.69) is 16.0 Å². The van der Waals surface area contributed by atoms with Crippen LogP contribution in [0.1, 0.15) is 28.4 Å². The van der Waals surface area contributed by atoms with E-state index in [9.17, 15) is 14.4 Å². The minimum Gasteiger partial charge on any atom is -0.481 e. The average molecular weight is 405 g/mol. The number of hydrogen-bond donors (Lipinski definition) is 5. The Morgan fingerprint density at radius 1 is 1.11 bits per heavy atom. The molecule has 2 aromatic carbocycles. The molecule has 0 saturated carbocycles. The number of nitrogens with one attached hydrogen (secondary N) is 3. The Morgan fingerprint density at radius 3 is 2.46 bits per heavy atom. The maximum absolute atomic E-state index is 12.3. The Balaban J connectivity index is 1.99. The standard InChI is InChI=1S/C19H21ClN4O4/c20-15-7-6-13(23-11-21)8-14(15)19(28)22-10-17(25)24-16(9-18(26)27)12-4-2-1-3-5-12/h1-8,16,23H,9-11,21H2,(H,22,28)(H,24,25)(H,26,27). The molecule has 1 unspecified atom stereocenters. The number of aliphatic carboxylic acids is 1. The van der Waals surface area contributed by atoms with E-state index in [4.69, 9.17) is 22.4 Å². The zero-order valence-corrected chi connectivity index (χ0v) is 15.7. The highest BCUT2D eigenvalue weighted by molar-refractivity contribution is 6.34. The zero-order valence-electron chi connectivity index (χ0n) is 14.9. The maximum atomic E-state index is 12.3. The van der Waals surface area contributed by atoms with Gasteiger partial charge in [-0.2, -0.15) is 0 Å². The van der Waals surface area contributed by atoms with Gasteiger partial charge in [-0.15, -0.1) is 0 Å². The maximum Gasteiger partial charge on any atom is 0.305 e. The lowest BCUT2D eigenvalue weighted by atomic mass is 10.0. The normalized spacial score (nSPS) is 11.4. The molecule has 2 rings (SSSR count). The summed E-state index contributed by atoms with van der Waals surface area (Å²) in [5.41, 5.74) is 6.88. The largest absolute Gasteiger partial charge is 0.481 e. The lowest BCUT2D eigenvalue weighted by Gasteiger charge is -2.18. The number of anilines is 1. The SMILES string of the molecule is NCNc1ccc(Cl)c(C(=O)NCC(=O)NC(CC(=O)O)c2ccccc2)c1. The van der Waals surface area contributed by atoms with E-state index in [0.29, 0.717) is 11.3 Å². The van der Waals surface area contributed by atoms with E-state index in [0.717, 1.165) is 0 Å². The minimum atomic E-state index is -1.05. The van der Waals surface area contributed by atoms with E-state index in [1.165, 1.54) is 6.07 Å². The van der Waals surface area contributed by atoms with Crippen LogP contribution in [-0.2, 0) is 9.59 Å². The summed E-state index contributed by atoms with van der Waals surface area (Å²) in [7, 11) is 0. The van der Waals surface area contributed by atoms with Gasteiger partial charge >= 0.3 is 5.97 Å². The number of carboxylic acids is 1. The van der Waals surface area contributed by atoms with Crippen molar-refractivity contribution in [3.8, 4) is 0 Å². The molecule has 0 saturated heterocycles. The van der Waals surface area contributed by atoms with Crippen molar-refractivity contribution in [3.63, 3.8) is 0 Å². The molecular formula is C19H21ClN4O4. The van der Waals surface area contributed by atoms with Crippen LogP contribution in [0.2, 0.25) is 5.02 Å². The summed E-state index contributed by atoms with van der Waals surface area (Å²) in [6.07, 6.45) is -0.275. The number of rotatable bonds is 9. The molecule has 0 fully saturated rings. The van der Waals surface area contributed by atoms with Crippen molar-refractivity contribution in [1.29, 1.82) is 0 Å². The van der Waals surface area contributed by atoms with E-state index < -0.39 is 23.8 Å². The topological polar surface area (TPSA) is 134 Å². The van der Waals surface area contributed by atoms with E-state index >= 15 is 0 Å². The highest BCUT2D eigenvalue weighted by Crippen LogP contribution is 2.20. The van der Waals surface area contributed by atoms with Gasteiger partial charge in [0.15, 0.2) is 0 Å². The number of nitrogens with two attached hydrogens (primary N) is 1. The number of carboxylic acid groups (broad SMARTS) is 1. The molecule has 9 heteroatoms. The van der Waals surface area contributed by atoms with Crippen LogP contribution in [0.3, 0.4) is 0 Å². The molecule has 148 valence electrons. The van der Waals surface area contributed by atoms with Crippen molar-refractivity contribution in [1.82, 2.24) is 10.6 Å². The second kappa shape index (κ2) is 10.3. The van der Waals surface area contributed by atoms with Crippen LogP contribution in [0.4, 0.5) is 5.69 Å². The van der Waals surface area contributed by atoms with Gasteiger partial charge in [0.05, 0.1) is 36.3 Å². The first-order chi connectivity index (χ1) is 13.4. The summed E-state index contributed by atoms with van der Waals surface area (Å²) in [6, 6.07) is 12.8. The quantitative estimate of drug-likeness (QED) is 0.404. The highest BCUT2D eigenvalue weighted by atomic mass is 35.5. The number of halogens is 1. The Hall–Kier alpha value is -3.10. The van der Waals surface area contributed by atoms with Gasteiger partial charge in [-0.1, -0.05) is 41.9 Å². The van der Waals surface area contributed by atoms with Crippen molar-refractivity contribution >= 4 is 35.1 Å². The van der Waals surface area contributed by atoms with Gasteiger partial charge in [0, 0.05) is 5.69 Å². The Kier molecular flexibility index (Phi) is 7.79. The average Bonchev–Trinajstić information content (AvgIpc) is 2.67. The number of carbonyl (C=O) groups excluding carboxylic acids is 2. The van der Waals surface area contributed by atoms with Crippen molar-refractivity contribution in [3.05, 3.63) is 64.7 Å². The number of benzene rings is 2. The fraction of sp³-hybridized carbons (Fsp3) is 0.211. The van der Waals surface area contributed by atoms with Crippen LogP contribution in [0, 0.1) is 0 Å². The first-order valence-corrected chi connectivity index (χ1v) is 8.86. The summed E-state index contributed by atoms with van der Waals surface area (Å²) in [4.78, 5) is 35.6. The monoisotopic (exact) mass is 404 g/mol. The van der Waals surface area contributed by atoms with Crippen LogP contribution in [-0.4, -0.2) is 36.1 Å². The first kappa shape index (κ1) is 21.2. The summed E-state index contributed by atoms with van der Waals surface area (Å²) >= 11 is 6.04. The second-order valence-corrected chi connectivity index (χ2v) is 6.29. The fourth-order valence-corrected chi connectivity index (χ4v) is 2.74. The number of carbonyl (C=O) groups is 3. The summed E-state index contributed by atoms with van der Waals surface area (Å²) < 4.78 is 0. The Labute approximate surface area is 167 Å². The molecule has 2 amide bonds. The van der Waals surface area contributed by atoms with Gasteiger partial charge in [-0.25, -0.2) is 0 Å². The molecule has 28 heavy (non-hydrogen) atoms. The van der Waals surface area contributed by atoms with Crippen LogP contribution in [0.25, 0.3) is 0 Å². The van der Waals surface area contributed by atoms with Gasteiger partial charge in [0.1, 0.15) is 0 Å². The summed E-state index contributed by atoms with van der Waals surface area (Å²) in [5, 5.41) is 17.3. The molecule has 0 aliphatic rings. The van der Waals surface area contributed by atoms with E-state index in [1.54, 1.807) is 42.5 Å². The Bertz CT molecular complexity index is 845. The van der Waals surface area contributed by atoms with Crippen LogP contribution < -0.4 is 21.7 Å². The van der Waals surface area contributed by atoms with Gasteiger partial charge in [0.2, 0.25) is 5.91 Å². The van der Waals surface area contributed by atoms with Crippen LogP contribution >= 0.6 is 11.6 Å². The molecule has 0 heterocycles. The third-order valence-corrected chi connectivity index (χ3v) is 4.17. The van der Waals surface area contributed by atoms with Crippen molar-refractivity contribution in [2.45, 2.75) is 12.5 Å². The lowest BCUT2D eigenvalue weighted by molar-refractivity contribution is -0.137. The highest BCUT2D eigenvalue weighted by Gasteiger charge is 2.19. The Morgan fingerprint density at radius 2 is 1.82 bits per heavy atom.